The Kier molecular flexibility index (Phi) is 7.02. The van der Waals surface area contributed by atoms with Crippen LogP contribution in [0.1, 0.15) is 89.0 Å². The Hall–Kier alpha value is -1.24. The molecule has 2 aliphatic carbocycles. The van der Waals surface area contributed by atoms with Gasteiger partial charge in [0.05, 0.1) is 0 Å². The lowest BCUT2D eigenvalue weighted by molar-refractivity contribution is 0.380. The highest BCUT2D eigenvalue weighted by Gasteiger charge is 2.34. The maximum atomic E-state index is 5.99. The fourth-order valence-electron chi connectivity index (χ4n) is 4.73. The third-order valence-corrected chi connectivity index (χ3v) is 6.22. The molecule has 2 aliphatic rings. The number of rotatable bonds is 2. The molecule has 0 spiro atoms. The van der Waals surface area contributed by atoms with Gasteiger partial charge in [0.15, 0.2) is 0 Å². The Morgan fingerprint density at radius 1 is 0.680 bits per heavy atom. The van der Waals surface area contributed by atoms with Gasteiger partial charge in [-0.2, -0.15) is 0 Å². The van der Waals surface area contributed by atoms with E-state index >= 15 is 0 Å². The number of benzene rings is 1. The Balaban J connectivity index is 1.92. The maximum absolute atomic E-state index is 5.99. The zero-order valence-corrected chi connectivity index (χ0v) is 15.8. The molecule has 0 N–H and O–H groups in total. The maximum Gasteiger partial charge on any atom is 0.113 e. The van der Waals surface area contributed by atoms with Gasteiger partial charge in [0, 0.05) is 5.41 Å². The zero-order valence-electron chi connectivity index (χ0n) is 15.8. The van der Waals surface area contributed by atoms with Gasteiger partial charge in [-0.3, -0.25) is 0 Å². The van der Waals surface area contributed by atoms with Crippen molar-refractivity contribution in [3.8, 4) is 0 Å². The zero-order chi connectivity index (χ0) is 17.4. The molecule has 0 aromatic heterocycles. The van der Waals surface area contributed by atoms with Crippen molar-refractivity contribution < 1.29 is 0 Å². The van der Waals surface area contributed by atoms with E-state index in [-0.39, 0.29) is 5.41 Å². The van der Waals surface area contributed by atoms with Crippen LogP contribution in [0.25, 0.3) is 0 Å². The lowest BCUT2D eigenvalue weighted by atomic mass is 9.66. The summed E-state index contributed by atoms with van der Waals surface area (Å²) in [4.78, 5) is 0. The van der Waals surface area contributed by atoms with Crippen molar-refractivity contribution in [2.75, 3.05) is 0 Å². The summed E-state index contributed by atoms with van der Waals surface area (Å²) in [7, 11) is 5.99. The second-order valence-electron chi connectivity index (χ2n) is 8.03. The van der Waals surface area contributed by atoms with Crippen LogP contribution >= 0.6 is 0 Å². The predicted octanol–water partition coefficient (Wildman–Crippen LogP) is 6.30. The van der Waals surface area contributed by atoms with Gasteiger partial charge in [0.25, 0.3) is 0 Å². The number of hydrogen-bond donors (Lipinski definition) is 0. The van der Waals surface area contributed by atoms with Gasteiger partial charge >= 0.3 is 0 Å². The van der Waals surface area contributed by atoms with E-state index < -0.39 is 0 Å². The van der Waals surface area contributed by atoms with Crippen molar-refractivity contribution in [2.24, 2.45) is 0 Å². The van der Waals surface area contributed by atoms with Crippen LogP contribution in [0.4, 0.5) is 0 Å². The molecule has 1 heteroatoms. The first kappa shape index (κ1) is 18.6. The van der Waals surface area contributed by atoms with Crippen LogP contribution in [0.2, 0.25) is 0 Å². The highest BCUT2D eigenvalue weighted by Crippen LogP contribution is 2.44. The molecule has 1 fully saturated rings. The normalized spacial score (nSPS) is 22.5. The van der Waals surface area contributed by atoms with E-state index in [9.17, 15) is 0 Å². The van der Waals surface area contributed by atoms with Crippen molar-refractivity contribution in [1.82, 2.24) is 0 Å². The Bertz CT molecular complexity index is 567. The fraction of sp³-hybridized carbons (Fsp3) is 0.583. The SMILES string of the molecule is [B]c1ccc(C2(C3=CCCC=C3)CCCCCCCCCCC2)cc1. The van der Waals surface area contributed by atoms with Crippen molar-refractivity contribution in [3.63, 3.8) is 0 Å². The van der Waals surface area contributed by atoms with Crippen LogP contribution in [0.15, 0.2) is 48.1 Å². The van der Waals surface area contributed by atoms with E-state index in [1.165, 1.54) is 89.0 Å². The molecule has 0 unspecified atom stereocenters. The van der Waals surface area contributed by atoms with Crippen molar-refractivity contribution in [3.05, 3.63) is 53.6 Å². The molecule has 132 valence electrons. The predicted molar refractivity (Wildman–Crippen MR) is 111 cm³/mol. The third-order valence-electron chi connectivity index (χ3n) is 6.22. The minimum Gasteiger partial charge on any atom is -0.0967 e. The molecule has 0 saturated heterocycles. The van der Waals surface area contributed by atoms with E-state index in [0.717, 1.165) is 5.46 Å². The molecule has 25 heavy (non-hydrogen) atoms. The molecule has 0 nitrogen and oxygen atoms in total. The molecule has 1 aromatic rings. The molecule has 1 saturated carbocycles. The topological polar surface area (TPSA) is 0 Å². The van der Waals surface area contributed by atoms with E-state index in [0.29, 0.717) is 0 Å². The van der Waals surface area contributed by atoms with Gasteiger partial charge in [-0.05, 0) is 36.8 Å². The lowest BCUT2D eigenvalue weighted by Gasteiger charge is -2.38. The van der Waals surface area contributed by atoms with Crippen molar-refractivity contribution in [2.45, 2.75) is 88.9 Å². The summed E-state index contributed by atoms with van der Waals surface area (Å²) in [6.07, 6.45) is 24.8. The molecule has 3 rings (SSSR count). The van der Waals surface area contributed by atoms with Gasteiger partial charge < -0.3 is 0 Å². The molecule has 1 aromatic carbocycles. The van der Waals surface area contributed by atoms with Gasteiger partial charge in [-0.1, -0.05) is 106 Å². The van der Waals surface area contributed by atoms with Gasteiger partial charge in [0.1, 0.15) is 7.85 Å². The highest BCUT2D eigenvalue weighted by molar-refractivity contribution is 6.32. The number of hydrogen-bond acceptors (Lipinski definition) is 0. The largest absolute Gasteiger partial charge is 0.113 e. The highest BCUT2D eigenvalue weighted by atomic mass is 14.4. The summed E-state index contributed by atoms with van der Waals surface area (Å²) in [5.74, 6) is 0. The van der Waals surface area contributed by atoms with Crippen LogP contribution in [0.5, 0.6) is 0 Å². The minimum absolute atomic E-state index is 0.198. The Morgan fingerprint density at radius 2 is 1.24 bits per heavy atom. The molecular formula is C24H33B. The first-order chi connectivity index (χ1) is 12.3. The molecular weight excluding hydrogens is 299 g/mol. The molecule has 0 aliphatic heterocycles. The number of allylic oxidation sites excluding steroid dienone is 4. The van der Waals surface area contributed by atoms with E-state index in [1.54, 1.807) is 5.57 Å². The van der Waals surface area contributed by atoms with E-state index in [2.05, 4.69) is 42.5 Å². The van der Waals surface area contributed by atoms with Crippen LogP contribution < -0.4 is 5.46 Å². The first-order valence-corrected chi connectivity index (χ1v) is 10.5. The molecule has 2 radical (unpaired) electrons. The second kappa shape index (κ2) is 9.46. The summed E-state index contributed by atoms with van der Waals surface area (Å²) in [6, 6.07) is 8.79. The molecule has 0 atom stereocenters. The molecule has 0 heterocycles. The lowest BCUT2D eigenvalue weighted by Crippen LogP contribution is -2.29. The molecule has 0 amide bonds. The third kappa shape index (κ3) is 4.90. The smallest absolute Gasteiger partial charge is 0.0967 e. The summed E-state index contributed by atoms with van der Waals surface area (Å²) in [6.45, 7) is 0. The minimum atomic E-state index is 0.198. The van der Waals surface area contributed by atoms with E-state index in [4.69, 9.17) is 7.85 Å². The summed E-state index contributed by atoms with van der Waals surface area (Å²) in [5.41, 5.74) is 4.13. The Morgan fingerprint density at radius 3 is 1.76 bits per heavy atom. The van der Waals surface area contributed by atoms with Crippen LogP contribution in [-0.4, -0.2) is 7.85 Å². The summed E-state index contributed by atoms with van der Waals surface area (Å²) >= 11 is 0. The van der Waals surface area contributed by atoms with Crippen LogP contribution in [0, 0.1) is 0 Å². The quantitative estimate of drug-likeness (QED) is 0.558. The van der Waals surface area contributed by atoms with Crippen molar-refractivity contribution >= 4 is 13.3 Å². The fourth-order valence-corrected chi connectivity index (χ4v) is 4.73. The monoisotopic (exact) mass is 332 g/mol. The Labute approximate surface area is 156 Å². The van der Waals surface area contributed by atoms with Crippen LogP contribution in [-0.2, 0) is 5.41 Å². The van der Waals surface area contributed by atoms with E-state index in [1.807, 2.05) is 0 Å². The first-order valence-electron chi connectivity index (χ1n) is 10.5. The average molecular weight is 332 g/mol. The standard InChI is InChI=1S/C24H33B/c25-23-17-15-22(16-18-23)24(21-13-9-8-10-14-21)19-11-6-4-2-1-3-5-7-12-20-24/h9,13-18H,1-8,10-12,19-20H2. The van der Waals surface area contributed by atoms with Gasteiger partial charge in [-0.25, -0.2) is 0 Å². The van der Waals surface area contributed by atoms with Gasteiger partial charge in [0.2, 0.25) is 0 Å². The van der Waals surface area contributed by atoms with Crippen LogP contribution in [0.3, 0.4) is 0 Å². The summed E-state index contributed by atoms with van der Waals surface area (Å²) in [5, 5.41) is 0. The summed E-state index contributed by atoms with van der Waals surface area (Å²) < 4.78 is 0. The second-order valence-corrected chi connectivity index (χ2v) is 8.03. The van der Waals surface area contributed by atoms with Crippen molar-refractivity contribution in [1.29, 1.82) is 0 Å². The molecule has 0 bridgehead atoms. The average Bonchev–Trinajstić information content (AvgIpc) is 2.64. The van der Waals surface area contributed by atoms with Gasteiger partial charge in [-0.15, -0.1) is 0 Å².